The zero-order chi connectivity index (χ0) is 14.8. The van der Waals surface area contributed by atoms with Gasteiger partial charge in [0.15, 0.2) is 0 Å². The molecule has 1 unspecified atom stereocenters. The van der Waals surface area contributed by atoms with Gasteiger partial charge in [-0.1, -0.05) is 26.0 Å². The normalized spacial score (nSPS) is 21.3. The van der Waals surface area contributed by atoms with Crippen molar-refractivity contribution in [1.82, 2.24) is 4.31 Å². The van der Waals surface area contributed by atoms with Crippen LogP contribution >= 0.6 is 0 Å². The predicted octanol–water partition coefficient (Wildman–Crippen LogP) is 2.03. The fourth-order valence-corrected chi connectivity index (χ4v) is 4.07. The van der Waals surface area contributed by atoms with Gasteiger partial charge in [0.2, 0.25) is 10.0 Å². The van der Waals surface area contributed by atoms with Crippen molar-refractivity contribution in [2.24, 2.45) is 5.92 Å². The molecule has 0 radical (unpaired) electrons. The zero-order valence-corrected chi connectivity index (χ0v) is 12.9. The summed E-state index contributed by atoms with van der Waals surface area (Å²) in [6.45, 7) is 4.97. The summed E-state index contributed by atoms with van der Waals surface area (Å²) in [6, 6.07) is 7.11. The third kappa shape index (κ3) is 3.59. The summed E-state index contributed by atoms with van der Waals surface area (Å²) in [5.41, 5.74) is 1.15. The Kier molecular flexibility index (Phi) is 4.83. The molecule has 0 amide bonds. The number of hydrogen-bond donors (Lipinski definition) is 1. The molecule has 1 aromatic rings. The first-order valence-electron chi connectivity index (χ1n) is 7.17. The molecule has 112 valence electrons. The Morgan fingerprint density at radius 3 is 2.50 bits per heavy atom. The summed E-state index contributed by atoms with van der Waals surface area (Å²) in [6.07, 6.45) is 1.80. The number of β-amino-alcohol motifs (C(OH)–C–C–N with tert-alkyl or cyclic N) is 1. The van der Waals surface area contributed by atoms with E-state index in [0.717, 1.165) is 12.0 Å². The molecular formula is C15H23NO3S. The first-order chi connectivity index (χ1) is 9.39. The van der Waals surface area contributed by atoms with Gasteiger partial charge >= 0.3 is 0 Å². The molecule has 0 bridgehead atoms. The molecule has 1 atom stereocenters. The highest BCUT2D eigenvalue weighted by Gasteiger charge is 2.29. The summed E-state index contributed by atoms with van der Waals surface area (Å²) in [7, 11) is -3.47. The molecule has 1 aromatic carbocycles. The average Bonchev–Trinajstić information content (AvgIpc) is 2.38. The standard InChI is InChI=1S/C15H23NO3S/c1-12(2)10-13-5-7-15(8-6-13)20(18,19)16-9-3-4-14(17)11-16/h5-8,12,14,17H,3-4,9-11H2,1-2H3. The number of rotatable bonds is 4. The lowest BCUT2D eigenvalue weighted by atomic mass is 10.0. The van der Waals surface area contributed by atoms with Gasteiger partial charge in [-0.3, -0.25) is 0 Å². The summed E-state index contributed by atoms with van der Waals surface area (Å²) < 4.78 is 26.3. The van der Waals surface area contributed by atoms with E-state index in [4.69, 9.17) is 0 Å². The monoisotopic (exact) mass is 297 g/mol. The molecule has 0 saturated carbocycles. The van der Waals surface area contributed by atoms with Gasteiger partial charge in [0.05, 0.1) is 11.0 Å². The minimum absolute atomic E-state index is 0.204. The van der Waals surface area contributed by atoms with Crippen molar-refractivity contribution in [1.29, 1.82) is 0 Å². The van der Waals surface area contributed by atoms with Crippen LogP contribution in [0.3, 0.4) is 0 Å². The quantitative estimate of drug-likeness (QED) is 0.925. The van der Waals surface area contributed by atoms with Crippen LogP contribution in [0.25, 0.3) is 0 Å². The Morgan fingerprint density at radius 2 is 1.95 bits per heavy atom. The summed E-state index contributed by atoms with van der Waals surface area (Å²) in [5.74, 6) is 0.551. The molecule has 4 nitrogen and oxygen atoms in total. The molecule has 1 heterocycles. The Balaban J connectivity index is 2.17. The second-order valence-electron chi connectivity index (χ2n) is 5.90. The average molecular weight is 297 g/mol. The molecule has 0 aromatic heterocycles. The van der Waals surface area contributed by atoms with Crippen LogP contribution in [0.1, 0.15) is 32.3 Å². The van der Waals surface area contributed by atoms with Gasteiger partial charge in [0.1, 0.15) is 0 Å². The molecule has 0 aliphatic carbocycles. The smallest absolute Gasteiger partial charge is 0.243 e. The largest absolute Gasteiger partial charge is 0.392 e. The molecule has 5 heteroatoms. The number of nitrogens with zero attached hydrogens (tertiary/aromatic N) is 1. The maximum absolute atomic E-state index is 12.5. The van der Waals surface area contributed by atoms with Crippen LogP contribution in [0, 0.1) is 5.92 Å². The molecule has 20 heavy (non-hydrogen) atoms. The molecule has 1 N–H and O–H groups in total. The fraction of sp³-hybridized carbons (Fsp3) is 0.600. The molecule has 1 fully saturated rings. The van der Waals surface area contributed by atoms with E-state index in [9.17, 15) is 13.5 Å². The van der Waals surface area contributed by atoms with Crippen molar-refractivity contribution >= 4 is 10.0 Å². The lowest BCUT2D eigenvalue weighted by Crippen LogP contribution is -2.42. The van der Waals surface area contributed by atoms with Crippen molar-refractivity contribution in [3.8, 4) is 0 Å². The zero-order valence-electron chi connectivity index (χ0n) is 12.1. The second-order valence-corrected chi connectivity index (χ2v) is 7.84. The van der Waals surface area contributed by atoms with Gasteiger partial charge in [0.25, 0.3) is 0 Å². The molecule has 2 rings (SSSR count). The Hall–Kier alpha value is -0.910. The first kappa shape index (κ1) is 15.5. The minimum Gasteiger partial charge on any atom is -0.392 e. The van der Waals surface area contributed by atoms with Crippen molar-refractivity contribution in [3.05, 3.63) is 29.8 Å². The Labute approximate surface area is 121 Å². The van der Waals surface area contributed by atoms with E-state index in [1.54, 1.807) is 12.1 Å². The molecule has 1 aliphatic rings. The van der Waals surface area contributed by atoms with Crippen molar-refractivity contribution < 1.29 is 13.5 Å². The molecule has 0 spiro atoms. The number of sulfonamides is 1. The summed E-state index contributed by atoms with van der Waals surface area (Å²) >= 11 is 0. The predicted molar refractivity (Wildman–Crippen MR) is 79.0 cm³/mol. The van der Waals surface area contributed by atoms with Gasteiger partial charge in [-0.25, -0.2) is 8.42 Å². The van der Waals surface area contributed by atoms with Crippen molar-refractivity contribution in [2.45, 2.75) is 44.1 Å². The number of aliphatic hydroxyl groups excluding tert-OH is 1. The molecular weight excluding hydrogens is 274 g/mol. The fourth-order valence-electron chi connectivity index (χ4n) is 2.56. The first-order valence-corrected chi connectivity index (χ1v) is 8.61. The van der Waals surface area contributed by atoms with Crippen LogP contribution < -0.4 is 0 Å². The summed E-state index contributed by atoms with van der Waals surface area (Å²) in [4.78, 5) is 0.319. The highest BCUT2D eigenvalue weighted by Crippen LogP contribution is 2.21. The van der Waals surface area contributed by atoms with Crippen LogP contribution in [0.4, 0.5) is 0 Å². The molecule has 1 saturated heterocycles. The van der Waals surface area contributed by atoms with Crippen LogP contribution in [-0.4, -0.2) is 37.0 Å². The van der Waals surface area contributed by atoms with Gasteiger partial charge in [-0.15, -0.1) is 0 Å². The van der Waals surface area contributed by atoms with Crippen LogP contribution in [0.2, 0.25) is 0 Å². The van der Waals surface area contributed by atoms with Crippen LogP contribution in [0.15, 0.2) is 29.2 Å². The van der Waals surface area contributed by atoms with E-state index in [-0.39, 0.29) is 6.54 Å². The topological polar surface area (TPSA) is 57.6 Å². The van der Waals surface area contributed by atoms with Gasteiger partial charge in [-0.05, 0) is 42.9 Å². The Morgan fingerprint density at radius 1 is 1.30 bits per heavy atom. The lowest BCUT2D eigenvalue weighted by Gasteiger charge is -2.29. The maximum Gasteiger partial charge on any atom is 0.243 e. The van der Waals surface area contributed by atoms with E-state index >= 15 is 0 Å². The van der Waals surface area contributed by atoms with E-state index in [0.29, 0.717) is 30.2 Å². The van der Waals surface area contributed by atoms with Crippen molar-refractivity contribution in [2.75, 3.05) is 13.1 Å². The second kappa shape index (κ2) is 6.24. The van der Waals surface area contributed by atoms with Gasteiger partial charge in [0, 0.05) is 13.1 Å². The van der Waals surface area contributed by atoms with E-state index in [1.165, 1.54) is 4.31 Å². The lowest BCUT2D eigenvalue weighted by molar-refractivity contribution is 0.108. The number of benzene rings is 1. The third-order valence-corrected chi connectivity index (χ3v) is 5.44. The van der Waals surface area contributed by atoms with Gasteiger partial charge in [-0.2, -0.15) is 4.31 Å². The third-order valence-electron chi connectivity index (χ3n) is 3.56. The van der Waals surface area contributed by atoms with E-state index in [2.05, 4.69) is 13.8 Å². The number of piperidine rings is 1. The highest BCUT2D eigenvalue weighted by molar-refractivity contribution is 7.89. The van der Waals surface area contributed by atoms with E-state index in [1.807, 2.05) is 12.1 Å². The highest BCUT2D eigenvalue weighted by atomic mass is 32.2. The maximum atomic E-state index is 12.5. The number of aliphatic hydroxyl groups is 1. The summed E-state index contributed by atoms with van der Waals surface area (Å²) in [5, 5.41) is 9.63. The SMILES string of the molecule is CC(C)Cc1ccc(S(=O)(=O)N2CCCC(O)C2)cc1. The van der Waals surface area contributed by atoms with Gasteiger partial charge < -0.3 is 5.11 Å². The molecule has 1 aliphatic heterocycles. The number of hydrogen-bond acceptors (Lipinski definition) is 3. The van der Waals surface area contributed by atoms with Crippen LogP contribution in [-0.2, 0) is 16.4 Å². The Bertz CT molecular complexity index is 537. The van der Waals surface area contributed by atoms with Crippen LogP contribution in [0.5, 0.6) is 0 Å². The van der Waals surface area contributed by atoms with Crippen molar-refractivity contribution in [3.63, 3.8) is 0 Å². The van der Waals surface area contributed by atoms with E-state index < -0.39 is 16.1 Å². The minimum atomic E-state index is -3.47.